The Bertz CT molecular complexity index is 1120. The highest BCUT2D eigenvalue weighted by Crippen LogP contribution is 2.19. The number of amides is 1. The zero-order chi connectivity index (χ0) is 21.7. The number of hydrogen-bond donors (Lipinski definition) is 0. The second-order valence-corrected chi connectivity index (χ2v) is 7.69. The number of carbonyl (C=O) groups excluding carboxylic acids is 2. The number of carbonyl (C=O) groups is 2. The molecule has 0 bridgehead atoms. The number of aryl methyl sites for hydroxylation is 1. The average molecular weight is 429 g/mol. The van der Waals surface area contributed by atoms with Crippen molar-refractivity contribution < 1.29 is 18.7 Å². The van der Waals surface area contributed by atoms with Gasteiger partial charge in [0.1, 0.15) is 11.5 Å². The van der Waals surface area contributed by atoms with Gasteiger partial charge in [-0.1, -0.05) is 23.9 Å². The molecule has 0 N–H and O–H groups in total. The van der Waals surface area contributed by atoms with Crippen molar-refractivity contribution in [2.24, 2.45) is 0 Å². The lowest BCUT2D eigenvalue weighted by atomic mass is 10.2. The van der Waals surface area contributed by atoms with Crippen LogP contribution in [0.4, 0.5) is 0 Å². The highest BCUT2D eigenvalue weighted by atomic mass is 32.2. The molecule has 9 heteroatoms. The van der Waals surface area contributed by atoms with Gasteiger partial charge in [-0.25, -0.2) is 4.98 Å². The van der Waals surface area contributed by atoms with E-state index in [1.54, 1.807) is 36.2 Å². The van der Waals surface area contributed by atoms with Gasteiger partial charge in [0.2, 0.25) is 5.91 Å². The van der Waals surface area contributed by atoms with Crippen molar-refractivity contribution in [1.29, 1.82) is 0 Å². The molecule has 158 valence electrons. The molecule has 3 aromatic rings. The van der Waals surface area contributed by atoms with Gasteiger partial charge in [-0.15, -0.1) is 0 Å². The molecule has 2 aromatic heterocycles. The summed E-state index contributed by atoms with van der Waals surface area (Å²) in [4.78, 5) is 43.2. The van der Waals surface area contributed by atoms with Crippen molar-refractivity contribution in [1.82, 2.24) is 14.5 Å². The Balaban J connectivity index is 1.78. The highest BCUT2D eigenvalue weighted by molar-refractivity contribution is 7.99. The molecule has 0 aliphatic heterocycles. The number of aromatic nitrogens is 2. The summed E-state index contributed by atoms with van der Waals surface area (Å²) in [6.07, 6.45) is 0.0374. The van der Waals surface area contributed by atoms with Gasteiger partial charge in [0.15, 0.2) is 5.16 Å². The summed E-state index contributed by atoms with van der Waals surface area (Å²) in [5.74, 6) is 1.04. The zero-order valence-corrected chi connectivity index (χ0v) is 17.9. The molecule has 8 nitrogen and oxygen atoms in total. The molecule has 0 saturated carbocycles. The minimum Gasteiger partial charge on any atom is -0.469 e. The van der Waals surface area contributed by atoms with Crippen molar-refractivity contribution in [3.05, 3.63) is 58.3 Å². The summed E-state index contributed by atoms with van der Waals surface area (Å²) in [6, 6.07) is 10.7. The number of methoxy groups -OCH3 is 1. The summed E-state index contributed by atoms with van der Waals surface area (Å²) in [7, 11) is 2.99. The van der Waals surface area contributed by atoms with Gasteiger partial charge in [-0.3, -0.25) is 19.0 Å². The Hall–Kier alpha value is -3.07. The molecule has 1 aromatic carbocycles. The minimum atomic E-state index is -0.421. The number of hydrogen-bond acceptors (Lipinski definition) is 7. The summed E-state index contributed by atoms with van der Waals surface area (Å²) in [5.41, 5.74) is 0.296. The molecule has 1 amide bonds. The Labute approximate surface area is 177 Å². The third kappa shape index (κ3) is 5.10. The van der Waals surface area contributed by atoms with Gasteiger partial charge < -0.3 is 14.1 Å². The molecule has 0 aliphatic rings. The molecule has 0 aliphatic carbocycles. The number of ether oxygens (including phenoxy) is 1. The third-order valence-corrected chi connectivity index (χ3v) is 5.49. The number of nitrogens with zero attached hydrogens (tertiary/aromatic N) is 3. The van der Waals surface area contributed by atoms with E-state index in [-0.39, 0.29) is 30.2 Å². The van der Waals surface area contributed by atoms with E-state index in [1.807, 2.05) is 19.1 Å². The van der Waals surface area contributed by atoms with Crippen LogP contribution in [0.1, 0.15) is 17.9 Å². The Morgan fingerprint density at radius 2 is 2.00 bits per heavy atom. The van der Waals surface area contributed by atoms with Gasteiger partial charge in [-0.05, 0) is 31.2 Å². The molecule has 2 heterocycles. The van der Waals surface area contributed by atoms with Crippen LogP contribution in [0, 0.1) is 6.92 Å². The number of fused-ring (bicyclic) bond motifs is 1. The number of furan rings is 1. The van der Waals surface area contributed by atoms with Crippen LogP contribution in [0.15, 0.2) is 50.8 Å². The average Bonchev–Trinajstić information content (AvgIpc) is 3.15. The molecular formula is C21H23N3O5S. The van der Waals surface area contributed by atoms with E-state index < -0.39 is 5.97 Å². The SMILES string of the molecule is COC(=O)CCn1c(SCC(=O)N(C)Cc2ccc(C)o2)nc2ccccc2c1=O. The van der Waals surface area contributed by atoms with E-state index >= 15 is 0 Å². The Morgan fingerprint density at radius 3 is 2.70 bits per heavy atom. The molecule has 3 rings (SSSR count). The van der Waals surface area contributed by atoms with Crippen LogP contribution < -0.4 is 5.56 Å². The predicted octanol–water partition coefficient (Wildman–Crippen LogP) is 2.61. The quantitative estimate of drug-likeness (QED) is 0.309. The fourth-order valence-corrected chi connectivity index (χ4v) is 3.85. The van der Waals surface area contributed by atoms with E-state index in [2.05, 4.69) is 9.72 Å². The largest absolute Gasteiger partial charge is 0.469 e. The fraction of sp³-hybridized carbons (Fsp3) is 0.333. The summed E-state index contributed by atoms with van der Waals surface area (Å²) in [5, 5.41) is 0.849. The van der Waals surface area contributed by atoms with Gasteiger partial charge in [0.05, 0.1) is 36.7 Å². The maximum absolute atomic E-state index is 12.9. The lowest BCUT2D eigenvalue weighted by Gasteiger charge is -2.17. The lowest BCUT2D eigenvalue weighted by Crippen LogP contribution is -2.29. The smallest absolute Gasteiger partial charge is 0.307 e. The number of thioether (sulfide) groups is 1. The summed E-state index contributed by atoms with van der Waals surface area (Å²) < 4.78 is 11.6. The fourth-order valence-electron chi connectivity index (χ4n) is 2.89. The van der Waals surface area contributed by atoms with Crippen molar-refractivity contribution in [3.8, 4) is 0 Å². The first-order chi connectivity index (χ1) is 14.4. The first-order valence-corrected chi connectivity index (χ1v) is 10.4. The van der Waals surface area contributed by atoms with E-state index in [0.29, 0.717) is 28.4 Å². The molecule has 0 atom stereocenters. The zero-order valence-electron chi connectivity index (χ0n) is 17.1. The Kier molecular flexibility index (Phi) is 6.94. The van der Waals surface area contributed by atoms with E-state index in [9.17, 15) is 14.4 Å². The van der Waals surface area contributed by atoms with Crippen LogP contribution >= 0.6 is 11.8 Å². The first-order valence-electron chi connectivity index (χ1n) is 9.37. The maximum atomic E-state index is 12.9. The van der Waals surface area contributed by atoms with Crippen molar-refractivity contribution >= 4 is 34.5 Å². The molecule has 30 heavy (non-hydrogen) atoms. The van der Waals surface area contributed by atoms with Crippen LogP contribution in [0.25, 0.3) is 10.9 Å². The van der Waals surface area contributed by atoms with Crippen LogP contribution in [0.5, 0.6) is 0 Å². The third-order valence-electron chi connectivity index (χ3n) is 4.53. The van der Waals surface area contributed by atoms with Crippen LogP contribution in [-0.2, 0) is 27.4 Å². The molecule has 0 fully saturated rings. The van der Waals surface area contributed by atoms with Crippen LogP contribution in [0.3, 0.4) is 0 Å². The van der Waals surface area contributed by atoms with E-state index in [1.165, 1.54) is 23.4 Å². The number of benzene rings is 1. The lowest BCUT2D eigenvalue weighted by molar-refractivity contribution is -0.140. The molecular weight excluding hydrogens is 406 g/mol. The molecule has 0 radical (unpaired) electrons. The first kappa shape index (κ1) is 21.6. The number of para-hydroxylation sites is 1. The highest BCUT2D eigenvalue weighted by Gasteiger charge is 2.17. The molecule has 0 unspecified atom stereocenters. The monoisotopic (exact) mass is 429 g/mol. The van der Waals surface area contributed by atoms with Gasteiger partial charge in [0, 0.05) is 13.6 Å². The summed E-state index contributed by atoms with van der Waals surface area (Å²) >= 11 is 1.17. The van der Waals surface area contributed by atoms with Crippen molar-refractivity contribution in [2.45, 2.75) is 31.6 Å². The maximum Gasteiger partial charge on any atom is 0.307 e. The Morgan fingerprint density at radius 1 is 1.23 bits per heavy atom. The van der Waals surface area contributed by atoms with Crippen molar-refractivity contribution in [3.63, 3.8) is 0 Å². The normalized spacial score (nSPS) is 10.9. The topological polar surface area (TPSA) is 94.6 Å². The van der Waals surface area contributed by atoms with Gasteiger partial charge in [-0.2, -0.15) is 0 Å². The van der Waals surface area contributed by atoms with Crippen molar-refractivity contribution in [2.75, 3.05) is 19.9 Å². The second kappa shape index (κ2) is 9.62. The van der Waals surface area contributed by atoms with Crippen LogP contribution in [0.2, 0.25) is 0 Å². The molecule has 0 saturated heterocycles. The number of esters is 1. The van der Waals surface area contributed by atoms with Crippen LogP contribution in [-0.4, -0.2) is 46.2 Å². The minimum absolute atomic E-state index is 0.0374. The van der Waals surface area contributed by atoms with E-state index in [4.69, 9.17) is 4.42 Å². The van der Waals surface area contributed by atoms with E-state index in [0.717, 1.165) is 5.76 Å². The van der Waals surface area contributed by atoms with Gasteiger partial charge in [0.25, 0.3) is 5.56 Å². The second-order valence-electron chi connectivity index (χ2n) is 6.75. The standard InChI is InChI=1S/C21H23N3O5S/c1-14-8-9-15(29-14)12-23(2)18(25)13-30-21-22-17-7-5-4-6-16(17)20(27)24(21)11-10-19(26)28-3/h4-9H,10-13H2,1-3H3. The predicted molar refractivity (Wildman–Crippen MR) is 113 cm³/mol. The van der Waals surface area contributed by atoms with Gasteiger partial charge >= 0.3 is 5.97 Å². The molecule has 0 spiro atoms. The number of rotatable bonds is 8. The summed E-state index contributed by atoms with van der Waals surface area (Å²) in [6.45, 7) is 2.33.